The standard InChI is InChI=1S/C18H16FNO4/c1-18(17(22)20-13-4-3-5-14(9-13)23-2)10-11-8-12(19)6-7-15(11)16(21)24-18/h3-9H,10H2,1-2H3,(H,20,22). The molecule has 24 heavy (non-hydrogen) atoms. The van der Waals surface area contributed by atoms with Gasteiger partial charge in [0.1, 0.15) is 11.6 Å². The number of fused-ring (bicyclic) bond motifs is 1. The van der Waals surface area contributed by atoms with Crippen molar-refractivity contribution in [3.8, 4) is 5.75 Å². The molecule has 0 fully saturated rings. The molecular weight excluding hydrogens is 313 g/mol. The first-order valence-electron chi connectivity index (χ1n) is 7.38. The van der Waals surface area contributed by atoms with E-state index in [1.165, 1.54) is 32.2 Å². The van der Waals surface area contributed by atoms with E-state index in [-0.39, 0.29) is 12.0 Å². The second-order valence-corrected chi connectivity index (χ2v) is 5.78. The van der Waals surface area contributed by atoms with Gasteiger partial charge in [-0.2, -0.15) is 0 Å². The minimum Gasteiger partial charge on any atom is -0.497 e. The van der Waals surface area contributed by atoms with Crippen molar-refractivity contribution in [1.82, 2.24) is 0 Å². The lowest BCUT2D eigenvalue weighted by atomic mass is 9.89. The highest BCUT2D eigenvalue weighted by Crippen LogP contribution is 2.30. The summed E-state index contributed by atoms with van der Waals surface area (Å²) >= 11 is 0. The predicted octanol–water partition coefficient (Wildman–Crippen LogP) is 2.94. The quantitative estimate of drug-likeness (QED) is 0.880. The molecule has 0 radical (unpaired) electrons. The second-order valence-electron chi connectivity index (χ2n) is 5.78. The van der Waals surface area contributed by atoms with Gasteiger partial charge in [0.25, 0.3) is 5.91 Å². The fourth-order valence-corrected chi connectivity index (χ4v) is 2.66. The number of hydrogen-bond donors (Lipinski definition) is 1. The Bertz CT molecular complexity index is 820. The number of hydrogen-bond acceptors (Lipinski definition) is 4. The Balaban J connectivity index is 1.85. The lowest BCUT2D eigenvalue weighted by Gasteiger charge is -2.33. The number of rotatable bonds is 3. The van der Waals surface area contributed by atoms with Crippen LogP contribution in [0.15, 0.2) is 42.5 Å². The second kappa shape index (κ2) is 5.96. The Morgan fingerprint density at radius 3 is 2.83 bits per heavy atom. The molecule has 1 heterocycles. The first-order chi connectivity index (χ1) is 11.4. The van der Waals surface area contributed by atoms with Crippen LogP contribution in [0.3, 0.4) is 0 Å². The first-order valence-corrected chi connectivity index (χ1v) is 7.38. The Morgan fingerprint density at radius 2 is 2.08 bits per heavy atom. The number of carbonyl (C=O) groups excluding carboxylic acids is 2. The van der Waals surface area contributed by atoms with Crippen LogP contribution >= 0.6 is 0 Å². The van der Waals surface area contributed by atoms with Gasteiger partial charge in [-0.1, -0.05) is 6.07 Å². The zero-order chi connectivity index (χ0) is 17.3. The monoisotopic (exact) mass is 329 g/mol. The SMILES string of the molecule is COc1cccc(NC(=O)C2(C)Cc3cc(F)ccc3C(=O)O2)c1. The van der Waals surface area contributed by atoms with Crippen LogP contribution in [0.2, 0.25) is 0 Å². The molecule has 1 N–H and O–H groups in total. The fourth-order valence-electron chi connectivity index (χ4n) is 2.66. The number of carbonyl (C=O) groups is 2. The molecule has 0 bridgehead atoms. The minimum atomic E-state index is -1.42. The number of esters is 1. The van der Waals surface area contributed by atoms with Crippen molar-refractivity contribution in [3.05, 3.63) is 59.4 Å². The number of nitrogens with one attached hydrogen (secondary N) is 1. The number of cyclic esters (lactones) is 1. The molecular formula is C18H16FNO4. The molecule has 0 spiro atoms. The van der Waals surface area contributed by atoms with Crippen LogP contribution in [-0.4, -0.2) is 24.6 Å². The Morgan fingerprint density at radius 1 is 1.29 bits per heavy atom. The molecule has 5 nitrogen and oxygen atoms in total. The largest absolute Gasteiger partial charge is 0.497 e. The Hall–Kier alpha value is -2.89. The Kier molecular flexibility index (Phi) is 3.97. The van der Waals surface area contributed by atoms with Gasteiger partial charge in [-0.05, 0) is 42.8 Å². The zero-order valence-corrected chi connectivity index (χ0v) is 13.3. The summed E-state index contributed by atoms with van der Waals surface area (Å²) in [5.74, 6) is -0.997. The van der Waals surface area contributed by atoms with Crippen LogP contribution in [0.5, 0.6) is 5.75 Å². The average molecular weight is 329 g/mol. The molecule has 1 aliphatic rings. The van der Waals surface area contributed by atoms with Crippen molar-refractivity contribution < 1.29 is 23.5 Å². The molecule has 1 atom stereocenters. The number of anilines is 1. The lowest BCUT2D eigenvalue weighted by molar-refractivity contribution is -0.134. The van der Waals surface area contributed by atoms with Gasteiger partial charge in [0, 0.05) is 18.2 Å². The molecule has 1 amide bonds. The predicted molar refractivity (Wildman–Crippen MR) is 85.5 cm³/mol. The van der Waals surface area contributed by atoms with E-state index in [1.54, 1.807) is 24.3 Å². The van der Waals surface area contributed by atoms with Crippen LogP contribution in [0, 0.1) is 5.82 Å². The number of methoxy groups -OCH3 is 1. The van der Waals surface area contributed by atoms with Crippen molar-refractivity contribution in [2.24, 2.45) is 0 Å². The van der Waals surface area contributed by atoms with Gasteiger partial charge in [-0.25, -0.2) is 9.18 Å². The van der Waals surface area contributed by atoms with E-state index in [0.29, 0.717) is 17.0 Å². The van der Waals surface area contributed by atoms with E-state index >= 15 is 0 Å². The van der Waals surface area contributed by atoms with Crippen LogP contribution in [0.25, 0.3) is 0 Å². The molecule has 2 aromatic rings. The van der Waals surface area contributed by atoms with E-state index in [0.717, 1.165) is 0 Å². The van der Waals surface area contributed by atoms with E-state index in [4.69, 9.17) is 9.47 Å². The summed E-state index contributed by atoms with van der Waals surface area (Å²) in [7, 11) is 1.52. The van der Waals surface area contributed by atoms with Crippen LogP contribution in [0.4, 0.5) is 10.1 Å². The molecule has 0 aromatic heterocycles. The van der Waals surface area contributed by atoms with Crippen LogP contribution < -0.4 is 10.1 Å². The third kappa shape index (κ3) is 2.95. The summed E-state index contributed by atoms with van der Waals surface area (Å²) < 4.78 is 23.9. The minimum absolute atomic E-state index is 0.0988. The number of benzene rings is 2. The van der Waals surface area contributed by atoms with Crippen LogP contribution in [0.1, 0.15) is 22.8 Å². The maximum absolute atomic E-state index is 13.4. The highest BCUT2D eigenvalue weighted by Gasteiger charge is 2.42. The van der Waals surface area contributed by atoms with Crippen molar-refractivity contribution in [3.63, 3.8) is 0 Å². The van der Waals surface area contributed by atoms with E-state index in [9.17, 15) is 14.0 Å². The van der Waals surface area contributed by atoms with Crippen molar-refractivity contribution in [2.45, 2.75) is 18.9 Å². The van der Waals surface area contributed by atoms with Crippen molar-refractivity contribution >= 4 is 17.6 Å². The Labute approximate surface area is 138 Å². The van der Waals surface area contributed by atoms with Gasteiger partial charge in [0.05, 0.1) is 12.7 Å². The highest BCUT2D eigenvalue weighted by atomic mass is 19.1. The smallest absolute Gasteiger partial charge is 0.339 e. The summed E-state index contributed by atoms with van der Waals surface area (Å²) in [6, 6.07) is 10.6. The number of halogens is 1. The van der Waals surface area contributed by atoms with Gasteiger partial charge < -0.3 is 14.8 Å². The molecule has 0 aliphatic carbocycles. The fraction of sp³-hybridized carbons (Fsp3) is 0.222. The molecule has 3 rings (SSSR count). The summed E-state index contributed by atoms with van der Waals surface area (Å²) in [5, 5.41) is 2.70. The maximum Gasteiger partial charge on any atom is 0.339 e. The molecule has 2 aromatic carbocycles. The summed E-state index contributed by atoms with van der Waals surface area (Å²) in [6.07, 6.45) is 0.0988. The molecule has 124 valence electrons. The molecule has 0 saturated carbocycles. The van der Waals surface area contributed by atoms with Gasteiger partial charge in [-0.15, -0.1) is 0 Å². The molecule has 0 saturated heterocycles. The van der Waals surface area contributed by atoms with Gasteiger partial charge in [0.15, 0.2) is 5.60 Å². The summed E-state index contributed by atoms with van der Waals surface area (Å²) in [4.78, 5) is 24.7. The van der Waals surface area contributed by atoms with E-state index in [1.807, 2.05) is 0 Å². The van der Waals surface area contributed by atoms with Crippen molar-refractivity contribution in [1.29, 1.82) is 0 Å². The van der Waals surface area contributed by atoms with Gasteiger partial charge >= 0.3 is 5.97 Å². The van der Waals surface area contributed by atoms with Crippen molar-refractivity contribution in [2.75, 3.05) is 12.4 Å². The third-order valence-corrected chi connectivity index (χ3v) is 3.94. The molecule has 1 aliphatic heterocycles. The van der Waals surface area contributed by atoms with Gasteiger partial charge in [0.2, 0.25) is 0 Å². The van der Waals surface area contributed by atoms with Crippen LogP contribution in [-0.2, 0) is 16.0 Å². The number of ether oxygens (including phenoxy) is 2. The topological polar surface area (TPSA) is 64.6 Å². The average Bonchev–Trinajstić information content (AvgIpc) is 2.54. The summed E-state index contributed by atoms with van der Waals surface area (Å²) in [5.41, 5.74) is -0.166. The third-order valence-electron chi connectivity index (χ3n) is 3.94. The number of amides is 1. The van der Waals surface area contributed by atoms with E-state index in [2.05, 4.69) is 5.32 Å². The van der Waals surface area contributed by atoms with Gasteiger partial charge in [-0.3, -0.25) is 4.79 Å². The highest BCUT2D eigenvalue weighted by molar-refractivity contribution is 6.02. The maximum atomic E-state index is 13.4. The summed E-state index contributed by atoms with van der Waals surface area (Å²) in [6.45, 7) is 1.51. The zero-order valence-electron chi connectivity index (χ0n) is 13.3. The normalized spacial score (nSPS) is 19.2. The lowest BCUT2D eigenvalue weighted by Crippen LogP contribution is -2.48. The molecule has 1 unspecified atom stereocenters. The van der Waals surface area contributed by atoms with E-state index < -0.39 is 23.3 Å². The molecule has 6 heteroatoms. The first kappa shape index (κ1) is 16.0.